The maximum atomic E-state index is 12.1. The van der Waals surface area contributed by atoms with Crippen molar-refractivity contribution >= 4 is 34.2 Å². The monoisotopic (exact) mass is 301 g/mol. The molecule has 2 aromatic carbocycles. The van der Waals surface area contributed by atoms with Crippen LogP contribution in [0.4, 0.5) is 5.69 Å². The first-order valence-corrected chi connectivity index (χ1v) is 6.79. The second-order valence-corrected chi connectivity index (χ2v) is 5.04. The lowest BCUT2D eigenvalue weighted by atomic mass is 10.1. The van der Waals surface area contributed by atoms with E-state index in [9.17, 15) is 9.59 Å². The van der Waals surface area contributed by atoms with Gasteiger partial charge < -0.3 is 15.3 Å². The van der Waals surface area contributed by atoms with E-state index in [0.29, 0.717) is 16.7 Å². The second kappa shape index (κ2) is 5.46. The van der Waals surface area contributed by atoms with Gasteiger partial charge in [0.2, 0.25) is 5.91 Å². The fourth-order valence-electron chi connectivity index (χ4n) is 2.09. The Labute approximate surface area is 125 Å². The zero-order valence-corrected chi connectivity index (χ0v) is 11.6. The Morgan fingerprint density at radius 3 is 2.52 bits per heavy atom. The summed E-state index contributed by atoms with van der Waals surface area (Å²) in [4.78, 5) is 28.6. The van der Waals surface area contributed by atoms with E-state index in [2.05, 4.69) is 15.3 Å². The zero-order valence-electron chi connectivity index (χ0n) is 10.9. The largest absolute Gasteiger partial charge is 0.324 e. The number of halogens is 1. The van der Waals surface area contributed by atoms with E-state index in [-0.39, 0.29) is 11.6 Å². The number of rotatable bonds is 3. The van der Waals surface area contributed by atoms with Gasteiger partial charge in [0.25, 0.3) is 0 Å². The summed E-state index contributed by atoms with van der Waals surface area (Å²) in [6, 6.07) is 14.2. The van der Waals surface area contributed by atoms with E-state index in [0.717, 1.165) is 5.56 Å². The summed E-state index contributed by atoms with van der Waals surface area (Å²) < 4.78 is 0. The highest BCUT2D eigenvalue weighted by Crippen LogP contribution is 2.23. The molecule has 1 atom stereocenters. The number of H-pyrrole nitrogens is 2. The number of imidazole rings is 1. The molecular formula is C15H12ClN3O2. The maximum absolute atomic E-state index is 12.1. The molecule has 0 radical (unpaired) electrons. The molecule has 1 aromatic heterocycles. The summed E-state index contributed by atoms with van der Waals surface area (Å²) >= 11 is 6.15. The van der Waals surface area contributed by atoms with Crippen LogP contribution in [0.15, 0.2) is 53.3 Å². The smallest absolute Gasteiger partial charge is 0.323 e. The number of hydrogen-bond donors (Lipinski definition) is 3. The summed E-state index contributed by atoms with van der Waals surface area (Å²) in [6.45, 7) is 0. The normalized spacial score (nSPS) is 12.2. The fourth-order valence-corrected chi connectivity index (χ4v) is 2.29. The molecule has 0 spiro atoms. The zero-order chi connectivity index (χ0) is 14.8. The molecule has 0 aliphatic rings. The van der Waals surface area contributed by atoms with Crippen molar-refractivity contribution < 1.29 is 4.79 Å². The van der Waals surface area contributed by atoms with Crippen LogP contribution in [0, 0.1) is 0 Å². The van der Waals surface area contributed by atoms with Gasteiger partial charge in [-0.15, -0.1) is 11.6 Å². The maximum Gasteiger partial charge on any atom is 0.323 e. The van der Waals surface area contributed by atoms with Crippen molar-refractivity contribution in [2.45, 2.75) is 5.38 Å². The first-order chi connectivity index (χ1) is 10.1. The van der Waals surface area contributed by atoms with Crippen molar-refractivity contribution in [2.75, 3.05) is 5.32 Å². The van der Waals surface area contributed by atoms with Gasteiger partial charge in [-0.05, 0) is 23.8 Å². The minimum absolute atomic E-state index is 0.284. The molecular weight excluding hydrogens is 290 g/mol. The van der Waals surface area contributed by atoms with E-state index in [1.807, 2.05) is 18.2 Å². The quantitative estimate of drug-likeness (QED) is 0.650. The van der Waals surface area contributed by atoms with Crippen LogP contribution in [0.5, 0.6) is 0 Å². The molecule has 3 rings (SSSR count). The van der Waals surface area contributed by atoms with E-state index in [1.165, 1.54) is 0 Å². The number of benzene rings is 2. The highest BCUT2D eigenvalue weighted by atomic mass is 35.5. The number of anilines is 1. The van der Waals surface area contributed by atoms with Gasteiger partial charge >= 0.3 is 5.69 Å². The third-order valence-corrected chi connectivity index (χ3v) is 3.56. The van der Waals surface area contributed by atoms with E-state index >= 15 is 0 Å². The van der Waals surface area contributed by atoms with Crippen LogP contribution >= 0.6 is 11.6 Å². The SMILES string of the molecule is O=C(Nc1ccc2[nH]c(=O)[nH]c2c1)C(Cl)c1ccccc1. The Hall–Kier alpha value is -2.53. The van der Waals surface area contributed by atoms with E-state index in [4.69, 9.17) is 11.6 Å². The number of carbonyl (C=O) groups is 1. The van der Waals surface area contributed by atoms with Crippen LogP contribution in [0.2, 0.25) is 0 Å². The molecule has 6 heteroatoms. The molecule has 1 unspecified atom stereocenters. The number of alkyl halides is 1. The summed E-state index contributed by atoms with van der Waals surface area (Å²) in [5.41, 5.74) is 2.33. The Kier molecular flexibility index (Phi) is 3.50. The highest BCUT2D eigenvalue weighted by molar-refractivity contribution is 6.32. The van der Waals surface area contributed by atoms with Gasteiger partial charge in [0, 0.05) is 5.69 Å². The molecule has 3 N–H and O–H groups in total. The predicted molar refractivity (Wildman–Crippen MR) is 82.6 cm³/mol. The molecule has 1 heterocycles. The number of carbonyl (C=O) groups excluding carboxylic acids is 1. The molecule has 0 saturated carbocycles. The van der Waals surface area contributed by atoms with Crippen molar-refractivity contribution in [3.63, 3.8) is 0 Å². The first-order valence-electron chi connectivity index (χ1n) is 6.35. The lowest BCUT2D eigenvalue weighted by molar-refractivity contribution is -0.116. The third kappa shape index (κ3) is 2.83. The number of amides is 1. The lowest BCUT2D eigenvalue weighted by Gasteiger charge is -2.10. The van der Waals surface area contributed by atoms with Crippen molar-refractivity contribution in [1.29, 1.82) is 0 Å². The van der Waals surface area contributed by atoms with Crippen LogP contribution in [0.3, 0.4) is 0 Å². The van der Waals surface area contributed by atoms with Crippen LogP contribution in [-0.4, -0.2) is 15.9 Å². The van der Waals surface area contributed by atoms with Crippen LogP contribution in [0.1, 0.15) is 10.9 Å². The number of nitrogens with one attached hydrogen (secondary N) is 3. The van der Waals surface area contributed by atoms with Crippen LogP contribution in [-0.2, 0) is 4.79 Å². The molecule has 0 bridgehead atoms. The average Bonchev–Trinajstić information content (AvgIpc) is 2.86. The van der Waals surface area contributed by atoms with Crippen LogP contribution < -0.4 is 11.0 Å². The van der Waals surface area contributed by atoms with E-state index < -0.39 is 5.38 Å². The van der Waals surface area contributed by atoms with E-state index in [1.54, 1.807) is 30.3 Å². The molecule has 5 nitrogen and oxygen atoms in total. The average molecular weight is 302 g/mol. The predicted octanol–water partition coefficient (Wildman–Crippen LogP) is 2.77. The van der Waals surface area contributed by atoms with Gasteiger partial charge in [-0.3, -0.25) is 4.79 Å². The van der Waals surface area contributed by atoms with Gasteiger partial charge in [-0.1, -0.05) is 30.3 Å². The Morgan fingerprint density at radius 1 is 1.05 bits per heavy atom. The van der Waals surface area contributed by atoms with Gasteiger partial charge in [-0.2, -0.15) is 0 Å². The molecule has 0 aliphatic carbocycles. The standard InChI is InChI=1S/C15H12ClN3O2/c16-13(9-4-2-1-3-5-9)14(20)17-10-6-7-11-12(8-10)19-15(21)18-11/h1-8,13H,(H,17,20)(H2,18,19,21). The molecule has 21 heavy (non-hydrogen) atoms. The molecule has 0 aliphatic heterocycles. The Bertz CT molecular complexity index is 839. The third-order valence-electron chi connectivity index (χ3n) is 3.11. The Morgan fingerprint density at radius 2 is 1.76 bits per heavy atom. The number of hydrogen-bond acceptors (Lipinski definition) is 2. The summed E-state index contributed by atoms with van der Waals surface area (Å²) in [6.07, 6.45) is 0. The highest BCUT2D eigenvalue weighted by Gasteiger charge is 2.17. The molecule has 0 fully saturated rings. The minimum Gasteiger partial charge on any atom is -0.324 e. The molecule has 106 valence electrons. The Balaban J connectivity index is 1.81. The minimum atomic E-state index is -0.771. The van der Waals surface area contributed by atoms with Crippen molar-refractivity contribution in [1.82, 2.24) is 9.97 Å². The second-order valence-electron chi connectivity index (χ2n) is 4.60. The van der Waals surface area contributed by atoms with Crippen molar-refractivity contribution in [3.05, 3.63) is 64.6 Å². The summed E-state index contributed by atoms with van der Waals surface area (Å²) in [5.74, 6) is -0.319. The van der Waals surface area contributed by atoms with Gasteiger partial charge in [0.15, 0.2) is 0 Å². The van der Waals surface area contributed by atoms with Crippen LogP contribution in [0.25, 0.3) is 11.0 Å². The molecule has 1 amide bonds. The van der Waals surface area contributed by atoms with Gasteiger partial charge in [-0.25, -0.2) is 4.79 Å². The first kappa shape index (κ1) is 13.5. The molecule has 3 aromatic rings. The van der Waals surface area contributed by atoms with Gasteiger partial charge in [0.1, 0.15) is 5.38 Å². The lowest BCUT2D eigenvalue weighted by Crippen LogP contribution is -2.17. The molecule has 0 saturated heterocycles. The summed E-state index contributed by atoms with van der Waals surface area (Å²) in [5, 5.41) is 1.96. The number of fused-ring (bicyclic) bond motifs is 1. The van der Waals surface area contributed by atoms with Crippen molar-refractivity contribution in [3.8, 4) is 0 Å². The topological polar surface area (TPSA) is 77.8 Å². The number of aromatic nitrogens is 2. The summed E-state index contributed by atoms with van der Waals surface area (Å²) in [7, 11) is 0. The fraction of sp³-hybridized carbons (Fsp3) is 0.0667. The van der Waals surface area contributed by atoms with Gasteiger partial charge in [0.05, 0.1) is 11.0 Å². The van der Waals surface area contributed by atoms with Crippen molar-refractivity contribution in [2.24, 2.45) is 0 Å². The number of aromatic amines is 2.